The molecule has 3 rings (SSSR count). The molecule has 158 valence electrons. The Labute approximate surface area is 176 Å². The predicted molar refractivity (Wildman–Crippen MR) is 114 cm³/mol. The Kier molecular flexibility index (Phi) is 7.08. The zero-order chi connectivity index (χ0) is 21.0. The third-order valence-corrected chi connectivity index (χ3v) is 6.06. The Morgan fingerprint density at radius 3 is 2.79 bits per heavy atom. The zero-order valence-electron chi connectivity index (χ0n) is 17.7. The van der Waals surface area contributed by atoms with Crippen molar-refractivity contribution < 1.29 is 14.3 Å². The molecule has 2 aromatic heterocycles. The molecule has 0 aromatic carbocycles. The third kappa shape index (κ3) is 5.45. The standard InChI is InChI=1S/C21H30N4O3S/c1-5-25-12-15(10-22-25)11-24(4)13-18(26)23-20-19(21(27)28-14(2)3)16-8-6-7-9-17(16)29-20/h10,12,14H,5-9,11,13H2,1-4H3,(H,23,26). The summed E-state index contributed by atoms with van der Waals surface area (Å²) in [6.07, 6.45) is 7.62. The van der Waals surface area contributed by atoms with Gasteiger partial charge >= 0.3 is 5.97 Å². The number of aromatic nitrogens is 2. The molecule has 0 aliphatic heterocycles. The summed E-state index contributed by atoms with van der Waals surface area (Å²) < 4.78 is 7.32. The van der Waals surface area contributed by atoms with E-state index in [1.54, 1.807) is 0 Å². The fourth-order valence-corrected chi connectivity index (χ4v) is 4.88. The normalized spacial score (nSPS) is 13.6. The van der Waals surface area contributed by atoms with Gasteiger partial charge in [-0.25, -0.2) is 4.79 Å². The number of hydrogen-bond donors (Lipinski definition) is 1. The lowest BCUT2D eigenvalue weighted by Crippen LogP contribution is -2.30. The Hall–Kier alpha value is -2.19. The third-order valence-electron chi connectivity index (χ3n) is 4.85. The topological polar surface area (TPSA) is 76.5 Å². The van der Waals surface area contributed by atoms with Gasteiger partial charge in [0.25, 0.3) is 0 Å². The first-order valence-corrected chi connectivity index (χ1v) is 11.0. The molecule has 29 heavy (non-hydrogen) atoms. The Morgan fingerprint density at radius 1 is 1.34 bits per heavy atom. The Bertz CT molecular complexity index is 871. The van der Waals surface area contributed by atoms with Crippen LogP contribution in [-0.2, 0) is 35.5 Å². The molecule has 0 unspecified atom stereocenters. The molecule has 2 aromatic rings. The molecule has 0 atom stereocenters. The first-order valence-electron chi connectivity index (χ1n) is 10.2. The van der Waals surface area contributed by atoms with E-state index in [0.29, 0.717) is 17.1 Å². The number of ether oxygens (including phenoxy) is 1. The second-order valence-corrected chi connectivity index (χ2v) is 8.90. The van der Waals surface area contributed by atoms with E-state index in [9.17, 15) is 9.59 Å². The van der Waals surface area contributed by atoms with Crippen LogP contribution in [0.15, 0.2) is 12.4 Å². The van der Waals surface area contributed by atoms with Crippen LogP contribution in [0.25, 0.3) is 0 Å². The minimum atomic E-state index is -0.338. The summed E-state index contributed by atoms with van der Waals surface area (Å²) in [5.41, 5.74) is 2.68. The molecule has 1 N–H and O–H groups in total. The number of nitrogens with one attached hydrogen (secondary N) is 1. The van der Waals surface area contributed by atoms with Gasteiger partial charge in [0.2, 0.25) is 5.91 Å². The summed E-state index contributed by atoms with van der Waals surface area (Å²) in [7, 11) is 1.90. The fraction of sp³-hybridized carbons (Fsp3) is 0.571. The summed E-state index contributed by atoms with van der Waals surface area (Å²) in [6.45, 7) is 7.41. The minimum Gasteiger partial charge on any atom is -0.459 e. The lowest BCUT2D eigenvalue weighted by molar-refractivity contribution is -0.117. The molecule has 2 heterocycles. The van der Waals surface area contributed by atoms with Crippen molar-refractivity contribution in [2.45, 2.75) is 65.6 Å². The number of thiophene rings is 1. The largest absolute Gasteiger partial charge is 0.459 e. The van der Waals surface area contributed by atoms with Crippen LogP contribution in [0.3, 0.4) is 0 Å². The lowest BCUT2D eigenvalue weighted by atomic mass is 9.95. The van der Waals surface area contributed by atoms with E-state index in [1.807, 2.05) is 49.8 Å². The molecule has 0 radical (unpaired) electrons. The molecule has 0 bridgehead atoms. The average molecular weight is 419 g/mol. The van der Waals surface area contributed by atoms with Gasteiger partial charge in [0, 0.05) is 29.7 Å². The van der Waals surface area contributed by atoms with Crippen LogP contribution < -0.4 is 5.32 Å². The number of anilines is 1. The van der Waals surface area contributed by atoms with E-state index in [4.69, 9.17) is 4.74 Å². The summed E-state index contributed by atoms with van der Waals surface area (Å²) >= 11 is 1.52. The van der Waals surface area contributed by atoms with E-state index in [0.717, 1.165) is 43.4 Å². The van der Waals surface area contributed by atoms with Crippen LogP contribution in [0.5, 0.6) is 0 Å². The molecule has 8 heteroatoms. The number of rotatable bonds is 8. The van der Waals surface area contributed by atoms with Crippen LogP contribution in [0, 0.1) is 0 Å². The van der Waals surface area contributed by atoms with Crippen molar-refractivity contribution >= 4 is 28.2 Å². The van der Waals surface area contributed by atoms with E-state index in [-0.39, 0.29) is 24.5 Å². The van der Waals surface area contributed by atoms with Gasteiger partial charge in [-0.2, -0.15) is 5.10 Å². The SMILES string of the molecule is CCn1cc(CN(C)CC(=O)Nc2sc3c(c2C(=O)OC(C)C)CCCC3)cn1. The van der Waals surface area contributed by atoms with Crippen molar-refractivity contribution in [1.29, 1.82) is 0 Å². The molecular weight excluding hydrogens is 388 g/mol. The molecular formula is C21H30N4O3S. The summed E-state index contributed by atoms with van der Waals surface area (Å²) in [5, 5.41) is 7.86. The number of amides is 1. The highest BCUT2D eigenvalue weighted by Crippen LogP contribution is 2.38. The van der Waals surface area contributed by atoms with Crippen LogP contribution in [0.1, 0.15) is 60.0 Å². The second kappa shape index (κ2) is 9.54. The molecule has 0 spiro atoms. The number of hydrogen-bond acceptors (Lipinski definition) is 6. The van der Waals surface area contributed by atoms with Crippen molar-refractivity contribution in [1.82, 2.24) is 14.7 Å². The first kappa shape index (κ1) is 21.5. The maximum absolute atomic E-state index is 12.7. The molecule has 1 amide bonds. The van der Waals surface area contributed by atoms with Gasteiger partial charge in [0.1, 0.15) is 5.00 Å². The number of carbonyl (C=O) groups is 2. The quantitative estimate of drug-likeness (QED) is 0.664. The monoisotopic (exact) mass is 418 g/mol. The Balaban J connectivity index is 1.68. The van der Waals surface area contributed by atoms with Gasteiger partial charge in [-0.1, -0.05) is 0 Å². The fourth-order valence-electron chi connectivity index (χ4n) is 3.58. The van der Waals surface area contributed by atoms with Crippen molar-refractivity contribution in [2.24, 2.45) is 0 Å². The van der Waals surface area contributed by atoms with Gasteiger partial charge < -0.3 is 10.1 Å². The highest BCUT2D eigenvalue weighted by atomic mass is 32.1. The van der Waals surface area contributed by atoms with E-state index in [2.05, 4.69) is 10.4 Å². The van der Waals surface area contributed by atoms with E-state index >= 15 is 0 Å². The van der Waals surface area contributed by atoms with Gasteiger partial charge in [-0.05, 0) is 59.1 Å². The first-order chi connectivity index (χ1) is 13.9. The average Bonchev–Trinajstić information content (AvgIpc) is 3.24. The van der Waals surface area contributed by atoms with Crippen LogP contribution in [-0.4, -0.2) is 46.3 Å². The summed E-state index contributed by atoms with van der Waals surface area (Å²) in [6, 6.07) is 0. The highest BCUT2D eigenvalue weighted by Gasteiger charge is 2.28. The van der Waals surface area contributed by atoms with Crippen LogP contribution >= 0.6 is 11.3 Å². The molecule has 7 nitrogen and oxygen atoms in total. The smallest absolute Gasteiger partial charge is 0.341 e. The molecule has 0 fully saturated rings. The highest BCUT2D eigenvalue weighted by molar-refractivity contribution is 7.17. The number of aryl methyl sites for hydroxylation is 2. The zero-order valence-corrected chi connectivity index (χ0v) is 18.5. The molecule has 0 saturated carbocycles. The van der Waals surface area contributed by atoms with Crippen LogP contribution in [0.4, 0.5) is 5.00 Å². The minimum absolute atomic E-state index is 0.132. The van der Waals surface area contributed by atoms with E-state index < -0.39 is 0 Å². The van der Waals surface area contributed by atoms with Gasteiger partial charge in [-0.3, -0.25) is 14.4 Å². The maximum atomic E-state index is 12.7. The van der Waals surface area contributed by atoms with Crippen molar-refractivity contribution in [3.05, 3.63) is 34.0 Å². The number of likely N-dealkylation sites (N-methyl/N-ethyl adjacent to an activating group) is 1. The van der Waals surface area contributed by atoms with Gasteiger partial charge in [0.15, 0.2) is 0 Å². The molecule has 1 aliphatic carbocycles. The summed E-state index contributed by atoms with van der Waals surface area (Å²) in [5.74, 6) is -0.470. The van der Waals surface area contributed by atoms with Crippen molar-refractivity contribution in [2.75, 3.05) is 18.9 Å². The molecule has 0 saturated heterocycles. The summed E-state index contributed by atoms with van der Waals surface area (Å²) in [4.78, 5) is 28.5. The number of nitrogens with zero attached hydrogens (tertiary/aromatic N) is 3. The Morgan fingerprint density at radius 2 is 2.10 bits per heavy atom. The number of fused-ring (bicyclic) bond motifs is 1. The van der Waals surface area contributed by atoms with E-state index in [1.165, 1.54) is 16.2 Å². The predicted octanol–water partition coefficient (Wildman–Crippen LogP) is 3.48. The van der Waals surface area contributed by atoms with Crippen molar-refractivity contribution in [3.63, 3.8) is 0 Å². The number of carbonyl (C=O) groups excluding carboxylic acids is 2. The van der Waals surface area contributed by atoms with Gasteiger partial charge in [0.05, 0.1) is 24.4 Å². The van der Waals surface area contributed by atoms with Crippen molar-refractivity contribution in [3.8, 4) is 0 Å². The maximum Gasteiger partial charge on any atom is 0.341 e. The lowest BCUT2D eigenvalue weighted by Gasteiger charge is -2.16. The number of esters is 1. The molecule has 1 aliphatic rings. The second-order valence-electron chi connectivity index (χ2n) is 7.79. The van der Waals surface area contributed by atoms with Crippen LogP contribution in [0.2, 0.25) is 0 Å². The van der Waals surface area contributed by atoms with Gasteiger partial charge in [-0.15, -0.1) is 11.3 Å².